The van der Waals surface area contributed by atoms with Crippen molar-refractivity contribution in [1.29, 1.82) is 0 Å². The Morgan fingerprint density at radius 1 is 1.16 bits per heavy atom. The molecule has 3 rings (SSSR count). The molecule has 3 aromatic rings. The van der Waals surface area contributed by atoms with Crippen LogP contribution in [0.4, 0.5) is 0 Å². The zero-order valence-corrected chi connectivity index (χ0v) is 16.2. The van der Waals surface area contributed by atoms with E-state index in [0.717, 1.165) is 29.2 Å². The van der Waals surface area contributed by atoms with Crippen LogP contribution >= 0.6 is 23.4 Å². The molecule has 0 amide bonds. The van der Waals surface area contributed by atoms with E-state index in [1.165, 1.54) is 11.8 Å². The maximum absolute atomic E-state index is 12.4. The van der Waals surface area contributed by atoms with E-state index in [0.29, 0.717) is 15.7 Å². The molecule has 0 saturated heterocycles. The van der Waals surface area contributed by atoms with Crippen molar-refractivity contribution < 1.29 is 8.42 Å². The van der Waals surface area contributed by atoms with Crippen LogP contribution in [0.3, 0.4) is 0 Å². The first-order valence-electron chi connectivity index (χ1n) is 8.07. The summed E-state index contributed by atoms with van der Waals surface area (Å²) in [7, 11) is -3.27. The Morgan fingerprint density at radius 2 is 1.92 bits per heavy atom. The molecule has 7 heteroatoms. The Kier molecular flexibility index (Phi) is 5.71. The average molecular weight is 395 g/mol. The summed E-state index contributed by atoms with van der Waals surface area (Å²) in [5, 5.41) is 1.49. The number of hydrogen-bond acceptors (Lipinski definition) is 4. The molecule has 0 saturated carbocycles. The van der Waals surface area contributed by atoms with Gasteiger partial charge in [0.2, 0.25) is 0 Å². The van der Waals surface area contributed by atoms with Crippen molar-refractivity contribution in [2.45, 2.75) is 29.9 Å². The first kappa shape index (κ1) is 18.3. The molecule has 0 fully saturated rings. The Balaban J connectivity index is 1.78. The highest BCUT2D eigenvalue weighted by atomic mass is 35.5. The Hall–Kier alpha value is -1.50. The lowest BCUT2D eigenvalue weighted by Gasteiger charge is -2.08. The molecule has 2 aromatic carbocycles. The molecule has 0 atom stereocenters. The van der Waals surface area contributed by atoms with Gasteiger partial charge in [0.25, 0.3) is 0 Å². The van der Waals surface area contributed by atoms with Crippen molar-refractivity contribution >= 4 is 44.2 Å². The van der Waals surface area contributed by atoms with Crippen molar-refractivity contribution in [3.8, 4) is 0 Å². The highest BCUT2D eigenvalue weighted by Crippen LogP contribution is 2.27. The van der Waals surface area contributed by atoms with E-state index < -0.39 is 9.84 Å². The van der Waals surface area contributed by atoms with Crippen molar-refractivity contribution in [2.75, 3.05) is 11.5 Å². The summed E-state index contributed by atoms with van der Waals surface area (Å²) in [4.78, 5) is 5.00. The quantitative estimate of drug-likeness (QED) is 0.546. The van der Waals surface area contributed by atoms with E-state index in [9.17, 15) is 8.42 Å². The van der Waals surface area contributed by atoms with Gasteiger partial charge in [-0.1, -0.05) is 48.5 Å². The zero-order chi connectivity index (χ0) is 17.9. The van der Waals surface area contributed by atoms with Gasteiger partial charge in [-0.15, -0.1) is 0 Å². The third-order valence-electron chi connectivity index (χ3n) is 3.81. The van der Waals surface area contributed by atoms with E-state index in [-0.39, 0.29) is 5.75 Å². The number of sulfone groups is 1. The van der Waals surface area contributed by atoms with Gasteiger partial charge in [-0.3, -0.25) is 0 Å². The number of nitrogens with zero attached hydrogens (tertiary/aromatic N) is 2. The lowest BCUT2D eigenvalue weighted by molar-refractivity contribution is 0.597. The van der Waals surface area contributed by atoms with E-state index in [1.807, 2.05) is 24.3 Å². The minimum Gasteiger partial charge on any atom is -0.319 e. The normalized spacial score (nSPS) is 11.9. The van der Waals surface area contributed by atoms with Crippen molar-refractivity contribution in [3.05, 3.63) is 53.6 Å². The lowest BCUT2D eigenvalue weighted by Crippen LogP contribution is -2.09. The number of imidazole rings is 1. The molecule has 0 bridgehead atoms. The number of halogens is 1. The molecule has 1 aromatic heterocycles. The number of benzene rings is 2. The molecule has 1 heterocycles. The molecule has 0 spiro atoms. The fraction of sp³-hybridized carbons (Fsp3) is 0.278. The minimum absolute atomic E-state index is 0.0811. The fourth-order valence-electron chi connectivity index (χ4n) is 2.62. The van der Waals surface area contributed by atoms with Crippen LogP contribution in [0.2, 0.25) is 5.02 Å². The van der Waals surface area contributed by atoms with Gasteiger partial charge in [-0.2, -0.15) is 0 Å². The first-order valence-corrected chi connectivity index (χ1v) is 11.1. The number of thioether (sulfide) groups is 1. The third kappa shape index (κ3) is 4.19. The summed E-state index contributed by atoms with van der Waals surface area (Å²) < 4.78 is 26.9. The molecule has 0 unspecified atom stereocenters. The van der Waals surface area contributed by atoms with Gasteiger partial charge in [0.15, 0.2) is 15.0 Å². The molecule has 0 radical (unpaired) electrons. The summed E-state index contributed by atoms with van der Waals surface area (Å²) in [5.41, 5.74) is 1.87. The van der Waals surface area contributed by atoms with E-state index in [4.69, 9.17) is 11.6 Å². The molecule has 4 nitrogen and oxygen atoms in total. The molecule has 0 aliphatic rings. The van der Waals surface area contributed by atoms with Crippen LogP contribution in [0, 0.1) is 0 Å². The van der Waals surface area contributed by atoms with Crippen molar-refractivity contribution in [1.82, 2.24) is 9.55 Å². The molecular weight excluding hydrogens is 376 g/mol. The second kappa shape index (κ2) is 7.81. The van der Waals surface area contributed by atoms with Crippen molar-refractivity contribution in [3.63, 3.8) is 0 Å². The summed E-state index contributed by atoms with van der Waals surface area (Å²) in [6.45, 7) is 2.95. The SMILES string of the molecule is CCCn1c(SCCS(=O)(=O)c2ccccc2)nc2cc(Cl)ccc21. The standard InChI is InChI=1S/C18H19ClN2O2S2/c1-2-10-21-17-9-8-14(19)13-16(17)20-18(21)24-11-12-25(22,23)15-6-4-3-5-7-15/h3-9,13H,2,10-12H2,1H3. The van der Waals surface area contributed by atoms with Crippen LogP contribution in [0.15, 0.2) is 58.6 Å². The summed E-state index contributed by atoms with van der Waals surface area (Å²) in [6.07, 6.45) is 0.976. The summed E-state index contributed by atoms with van der Waals surface area (Å²) in [5.74, 6) is 0.537. The highest BCUT2D eigenvalue weighted by Gasteiger charge is 2.16. The first-order chi connectivity index (χ1) is 12.0. The van der Waals surface area contributed by atoms with Crippen LogP contribution in [0.1, 0.15) is 13.3 Å². The van der Waals surface area contributed by atoms with Crippen LogP contribution < -0.4 is 0 Å². The molecule has 0 aliphatic heterocycles. The second-order valence-corrected chi connectivity index (χ2v) is 9.27. The number of fused-ring (bicyclic) bond motifs is 1. The summed E-state index contributed by atoms with van der Waals surface area (Å²) in [6, 6.07) is 14.2. The molecule has 25 heavy (non-hydrogen) atoms. The fourth-order valence-corrected chi connectivity index (χ4v) is 5.49. The minimum atomic E-state index is -3.27. The molecular formula is C18H19ClN2O2S2. The monoisotopic (exact) mass is 394 g/mol. The second-order valence-electron chi connectivity index (χ2n) is 5.66. The lowest BCUT2D eigenvalue weighted by atomic mass is 10.3. The van der Waals surface area contributed by atoms with E-state index in [2.05, 4.69) is 16.5 Å². The molecule has 132 valence electrons. The number of aryl methyl sites for hydroxylation is 1. The van der Waals surface area contributed by atoms with Gasteiger partial charge in [0.1, 0.15) is 0 Å². The van der Waals surface area contributed by atoms with E-state index >= 15 is 0 Å². The van der Waals surface area contributed by atoms with Gasteiger partial charge >= 0.3 is 0 Å². The van der Waals surface area contributed by atoms with Gasteiger partial charge < -0.3 is 4.57 Å². The number of hydrogen-bond donors (Lipinski definition) is 0. The number of aromatic nitrogens is 2. The van der Waals surface area contributed by atoms with Gasteiger partial charge in [0, 0.05) is 17.3 Å². The van der Waals surface area contributed by atoms with Crippen LogP contribution in [0.25, 0.3) is 11.0 Å². The molecule has 0 N–H and O–H groups in total. The largest absolute Gasteiger partial charge is 0.319 e. The Morgan fingerprint density at radius 3 is 2.64 bits per heavy atom. The third-order valence-corrected chi connectivity index (χ3v) is 7.01. The Labute approximate surface area is 157 Å². The predicted molar refractivity (Wildman–Crippen MR) is 104 cm³/mol. The van der Waals surface area contributed by atoms with Crippen molar-refractivity contribution in [2.24, 2.45) is 0 Å². The van der Waals surface area contributed by atoms with Gasteiger partial charge in [0.05, 0.1) is 21.7 Å². The van der Waals surface area contributed by atoms with Crippen LogP contribution in [-0.2, 0) is 16.4 Å². The summed E-state index contributed by atoms with van der Waals surface area (Å²) >= 11 is 7.52. The van der Waals surface area contributed by atoms with Crippen LogP contribution in [0.5, 0.6) is 0 Å². The Bertz CT molecular complexity index is 969. The topological polar surface area (TPSA) is 52.0 Å². The van der Waals surface area contributed by atoms with Crippen LogP contribution in [-0.4, -0.2) is 29.5 Å². The highest BCUT2D eigenvalue weighted by molar-refractivity contribution is 8.00. The average Bonchev–Trinajstić information content (AvgIpc) is 2.93. The maximum Gasteiger partial charge on any atom is 0.179 e. The smallest absolute Gasteiger partial charge is 0.179 e. The number of rotatable bonds is 7. The van der Waals surface area contributed by atoms with Gasteiger partial charge in [-0.05, 0) is 36.8 Å². The van der Waals surface area contributed by atoms with E-state index in [1.54, 1.807) is 24.3 Å². The maximum atomic E-state index is 12.4. The molecule has 0 aliphatic carbocycles. The predicted octanol–water partition coefficient (Wildman–Crippen LogP) is 4.67. The van der Waals surface area contributed by atoms with Gasteiger partial charge in [-0.25, -0.2) is 13.4 Å². The zero-order valence-electron chi connectivity index (χ0n) is 13.9.